The van der Waals surface area contributed by atoms with Crippen molar-refractivity contribution in [1.82, 2.24) is 0 Å². The van der Waals surface area contributed by atoms with Crippen LogP contribution < -0.4 is 0 Å². The molecule has 3 nitrogen and oxygen atoms in total. The Labute approximate surface area is 155 Å². The van der Waals surface area contributed by atoms with Gasteiger partial charge in [0.2, 0.25) is 0 Å². The Kier molecular flexibility index (Phi) is 127. The van der Waals surface area contributed by atoms with Crippen LogP contribution in [0, 0.1) is 18.9 Å². The Bertz CT molecular complexity index is 116. The van der Waals surface area contributed by atoms with Crippen molar-refractivity contribution < 1.29 is 26.2 Å². The van der Waals surface area contributed by atoms with Gasteiger partial charge in [0.1, 0.15) is 0 Å². The fraction of sp³-hybridized carbons (Fsp3) is 0.647. The molecule has 4 heteroatoms. The minimum atomic E-state index is 0. The smallest absolute Gasteiger partial charge is 0 e. The topological polar surface area (TPSA) is 42.3 Å². The Morgan fingerprint density at radius 3 is 1.05 bits per heavy atom. The van der Waals surface area contributed by atoms with E-state index in [1.807, 2.05) is 52.7 Å². The largest absolute Gasteiger partial charge is 0.668 e. The van der Waals surface area contributed by atoms with Crippen molar-refractivity contribution in [3.63, 3.8) is 0 Å². The maximum atomic E-state index is 3.50. The summed E-state index contributed by atoms with van der Waals surface area (Å²) in [4.78, 5) is 0. The van der Waals surface area contributed by atoms with Crippen molar-refractivity contribution in [1.29, 1.82) is 0 Å². The molecule has 0 bridgehead atoms. The van der Waals surface area contributed by atoms with Crippen molar-refractivity contribution in [2.45, 2.75) is 34.1 Å². The summed E-state index contributed by atoms with van der Waals surface area (Å²) in [6.07, 6.45) is 14.0. The Morgan fingerprint density at radius 2 is 1.00 bits per heavy atom. The van der Waals surface area contributed by atoms with E-state index < -0.39 is 0 Å². The molecule has 21 heavy (non-hydrogen) atoms. The third kappa shape index (κ3) is 245. The van der Waals surface area contributed by atoms with E-state index >= 15 is 0 Å². The van der Waals surface area contributed by atoms with Crippen LogP contribution in [0.5, 0.6) is 0 Å². The Morgan fingerprint density at radius 1 is 0.762 bits per heavy atom. The standard InChI is InChI=1S/C5H5.2C3H7.3C2H6N.Zr/c1-2-4-5-3-1;5*1-3-2;/h1-3H,4H2;2*3H,1-2H3;3*1-2H3;/q6*-1;. The second-order valence-corrected chi connectivity index (χ2v) is 3.50. The van der Waals surface area contributed by atoms with E-state index in [2.05, 4.69) is 28.1 Å². The van der Waals surface area contributed by atoms with Crippen LogP contribution in [0.3, 0.4) is 0 Å². The van der Waals surface area contributed by atoms with Gasteiger partial charge in [-0.05, 0) is 0 Å². The molecule has 0 saturated carbocycles. The monoisotopic (exact) mass is 373 g/mol. The SMILES string of the molecule is C[CH-]C.C[CH-]C.C[N-]C.C[N-]C.C[N-]C.[C-]1=CC=CC1.[Zr]. The molecule has 0 aliphatic heterocycles. The third-order valence-corrected chi connectivity index (χ3v) is 0.586. The molecular formula is C17H37N3Zr-6. The van der Waals surface area contributed by atoms with Gasteiger partial charge < -0.3 is 28.8 Å². The van der Waals surface area contributed by atoms with Crippen molar-refractivity contribution in [2.24, 2.45) is 0 Å². The molecule has 0 aromatic carbocycles. The van der Waals surface area contributed by atoms with Gasteiger partial charge in [0.05, 0.1) is 0 Å². The molecule has 0 spiro atoms. The summed E-state index contributed by atoms with van der Waals surface area (Å²) in [5, 5.41) is 10.5. The molecule has 1 rings (SSSR count). The molecule has 0 amide bonds. The molecule has 130 valence electrons. The molecular weight excluding hydrogens is 337 g/mol. The molecule has 1 aliphatic rings. The summed E-state index contributed by atoms with van der Waals surface area (Å²) in [6, 6.07) is 0. The first-order chi connectivity index (χ1) is 9.57. The maximum Gasteiger partial charge on any atom is 0 e. The van der Waals surface area contributed by atoms with Gasteiger partial charge in [0.15, 0.2) is 0 Å². The number of nitrogens with zero attached hydrogens (tertiary/aromatic N) is 3. The number of allylic oxidation sites excluding steroid dienone is 4. The van der Waals surface area contributed by atoms with Crippen molar-refractivity contribution in [2.75, 3.05) is 42.3 Å². The predicted octanol–water partition coefficient (Wildman–Crippen LogP) is 5.62. The van der Waals surface area contributed by atoms with Crippen LogP contribution in [0.2, 0.25) is 0 Å². The van der Waals surface area contributed by atoms with Gasteiger partial charge >= 0.3 is 0 Å². The third-order valence-electron chi connectivity index (χ3n) is 0.586. The molecule has 0 atom stereocenters. The average molecular weight is 375 g/mol. The fourth-order valence-electron chi connectivity index (χ4n) is 0.340. The molecule has 0 saturated heterocycles. The van der Waals surface area contributed by atoms with Gasteiger partial charge in [-0.25, -0.2) is 12.2 Å². The normalized spacial score (nSPS) is 8.48. The predicted molar refractivity (Wildman–Crippen MR) is 98.5 cm³/mol. The van der Waals surface area contributed by atoms with Crippen molar-refractivity contribution in [3.05, 3.63) is 53.1 Å². The molecule has 0 radical (unpaired) electrons. The summed E-state index contributed by atoms with van der Waals surface area (Å²) in [6.45, 7) is 8.00. The van der Waals surface area contributed by atoms with Crippen LogP contribution >= 0.6 is 0 Å². The van der Waals surface area contributed by atoms with Crippen molar-refractivity contribution >= 4 is 0 Å². The van der Waals surface area contributed by atoms with E-state index in [-0.39, 0.29) is 26.2 Å². The van der Waals surface area contributed by atoms with Gasteiger partial charge in [-0.1, -0.05) is 0 Å². The zero-order valence-electron chi connectivity index (χ0n) is 15.9. The fourth-order valence-corrected chi connectivity index (χ4v) is 0.340. The van der Waals surface area contributed by atoms with Crippen LogP contribution in [0.25, 0.3) is 16.0 Å². The van der Waals surface area contributed by atoms with Crippen LogP contribution in [-0.2, 0) is 26.2 Å². The first kappa shape index (κ1) is 37.5. The van der Waals surface area contributed by atoms with Gasteiger partial charge in [-0.2, -0.15) is 76.1 Å². The minimum Gasteiger partial charge on any atom is -0.668 e. The van der Waals surface area contributed by atoms with Crippen LogP contribution in [-0.4, -0.2) is 42.3 Å². The van der Waals surface area contributed by atoms with E-state index in [1.54, 1.807) is 42.3 Å². The minimum absolute atomic E-state index is 0. The maximum absolute atomic E-state index is 3.50. The summed E-state index contributed by atoms with van der Waals surface area (Å²) in [5.74, 6) is 0. The van der Waals surface area contributed by atoms with E-state index in [4.69, 9.17) is 0 Å². The average Bonchev–Trinajstić information content (AvgIpc) is 2.91. The molecule has 0 unspecified atom stereocenters. The number of rotatable bonds is 0. The summed E-state index contributed by atoms with van der Waals surface area (Å²) in [7, 11) is 10.5. The molecule has 0 aromatic rings. The zero-order chi connectivity index (χ0) is 17.1. The second kappa shape index (κ2) is 71.4. The van der Waals surface area contributed by atoms with Gasteiger partial charge in [-0.3, -0.25) is 6.08 Å². The van der Waals surface area contributed by atoms with Gasteiger partial charge in [0.25, 0.3) is 0 Å². The summed E-state index contributed by atoms with van der Waals surface area (Å²) < 4.78 is 0. The van der Waals surface area contributed by atoms with Gasteiger partial charge in [-0.15, -0.1) is 6.42 Å². The Hall–Kier alpha value is 0.243. The summed E-state index contributed by atoms with van der Waals surface area (Å²) >= 11 is 0. The van der Waals surface area contributed by atoms with Crippen LogP contribution in [0.1, 0.15) is 34.1 Å². The van der Waals surface area contributed by atoms with E-state index in [0.717, 1.165) is 6.42 Å². The number of hydrogen-bond acceptors (Lipinski definition) is 0. The molecule has 0 heterocycles. The van der Waals surface area contributed by atoms with E-state index in [0.29, 0.717) is 0 Å². The second-order valence-electron chi connectivity index (χ2n) is 3.50. The first-order valence-electron chi connectivity index (χ1n) is 6.71. The van der Waals surface area contributed by atoms with Gasteiger partial charge in [0, 0.05) is 26.2 Å². The van der Waals surface area contributed by atoms with E-state index in [9.17, 15) is 0 Å². The zero-order valence-corrected chi connectivity index (χ0v) is 18.4. The molecule has 1 aliphatic carbocycles. The first-order valence-corrected chi connectivity index (χ1v) is 6.71. The molecule has 0 aromatic heterocycles. The molecule has 0 N–H and O–H groups in total. The number of hydrogen-bond donors (Lipinski definition) is 0. The van der Waals surface area contributed by atoms with Crippen molar-refractivity contribution in [3.8, 4) is 0 Å². The van der Waals surface area contributed by atoms with Crippen LogP contribution in [0.4, 0.5) is 0 Å². The molecule has 0 fully saturated rings. The quantitative estimate of drug-likeness (QED) is 0.494. The Balaban J connectivity index is -0.0000000326. The van der Waals surface area contributed by atoms with E-state index in [1.165, 1.54) is 0 Å². The van der Waals surface area contributed by atoms with Crippen LogP contribution in [0.15, 0.2) is 18.2 Å². The summed E-state index contributed by atoms with van der Waals surface area (Å²) in [5.41, 5.74) is 0.